The van der Waals surface area contributed by atoms with E-state index in [0.717, 1.165) is 59.3 Å². The standard InChI is InChI=1S/C22H24N2O2S2/c1-14-6-8-16(9-7-14)24-21(25)19-17-4-2-3-5-18(17)28-20(19)23-22(24)27-13-15-10-11-26-12-15/h6-9,15H,2-5,10-13H2,1H3. The largest absolute Gasteiger partial charge is 0.381 e. The molecule has 2 aliphatic rings. The highest BCUT2D eigenvalue weighted by Gasteiger charge is 2.24. The van der Waals surface area contributed by atoms with Crippen LogP contribution in [0.4, 0.5) is 0 Å². The van der Waals surface area contributed by atoms with E-state index in [1.54, 1.807) is 23.1 Å². The van der Waals surface area contributed by atoms with Crippen molar-refractivity contribution in [1.82, 2.24) is 9.55 Å². The average Bonchev–Trinajstić information content (AvgIpc) is 3.35. The van der Waals surface area contributed by atoms with Crippen molar-refractivity contribution in [3.8, 4) is 5.69 Å². The maximum absolute atomic E-state index is 13.7. The van der Waals surface area contributed by atoms with Crippen LogP contribution >= 0.6 is 23.1 Å². The van der Waals surface area contributed by atoms with E-state index in [4.69, 9.17) is 9.72 Å². The van der Waals surface area contributed by atoms with Gasteiger partial charge in [-0.05, 0) is 62.6 Å². The molecular weight excluding hydrogens is 388 g/mol. The van der Waals surface area contributed by atoms with Crippen molar-refractivity contribution in [2.45, 2.75) is 44.2 Å². The summed E-state index contributed by atoms with van der Waals surface area (Å²) in [6.45, 7) is 3.73. The first-order valence-electron chi connectivity index (χ1n) is 10.1. The lowest BCUT2D eigenvalue weighted by molar-refractivity contribution is 0.189. The van der Waals surface area contributed by atoms with Gasteiger partial charge in [-0.25, -0.2) is 4.98 Å². The van der Waals surface area contributed by atoms with E-state index < -0.39 is 0 Å². The molecule has 3 heterocycles. The molecule has 28 heavy (non-hydrogen) atoms. The van der Waals surface area contributed by atoms with Gasteiger partial charge in [-0.15, -0.1) is 11.3 Å². The number of fused-ring (bicyclic) bond motifs is 3. The highest BCUT2D eigenvalue weighted by Crippen LogP contribution is 2.35. The third-order valence-electron chi connectivity index (χ3n) is 5.72. The minimum absolute atomic E-state index is 0.0958. The molecule has 0 radical (unpaired) electrons. The number of thioether (sulfide) groups is 1. The Labute approximate surface area is 172 Å². The van der Waals surface area contributed by atoms with Crippen LogP contribution in [0.2, 0.25) is 0 Å². The zero-order chi connectivity index (χ0) is 19.1. The number of thiophene rings is 1. The van der Waals surface area contributed by atoms with Gasteiger partial charge in [-0.1, -0.05) is 29.5 Å². The second-order valence-corrected chi connectivity index (χ2v) is 9.87. The van der Waals surface area contributed by atoms with Gasteiger partial charge >= 0.3 is 0 Å². The Hall–Kier alpha value is -1.63. The van der Waals surface area contributed by atoms with Gasteiger partial charge in [0.15, 0.2) is 5.16 Å². The van der Waals surface area contributed by atoms with E-state index >= 15 is 0 Å². The van der Waals surface area contributed by atoms with Crippen LogP contribution in [0.5, 0.6) is 0 Å². The lowest BCUT2D eigenvalue weighted by Crippen LogP contribution is -2.22. The molecule has 1 unspecified atom stereocenters. The molecule has 0 saturated carbocycles. The van der Waals surface area contributed by atoms with Crippen LogP contribution in [0.3, 0.4) is 0 Å². The molecule has 5 rings (SSSR count). The number of nitrogens with zero attached hydrogens (tertiary/aromatic N) is 2. The molecule has 3 aromatic rings. The summed E-state index contributed by atoms with van der Waals surface area (Å²) >= 11 is 3.43. The zero-order valence-electron chi connectivity index (χ0n) is 16.1. The van der Waals surface area contributed by atoms with Gasteiger partial charge in [0, 0.05) is 17.2 Å². The Bertz CT molecular complexity index is 1060. The third kappa shape index (κ3) is 3.31. The van der Waals surface area contributed by atoms with Crippen LogP contribution in [0, 0.1) is 12.8 Å². The fourth-order valence-electron chi connectivity index (χ4n) is 4.11. The van der Waals surface area contributed by atoms with Gasteiger partial charge in [0.1, 0.15) is 4.83 Å². The molecule has 6 heteroatoms. The molecule has 1 aliphatic carbocycles. The molecule has 1 aromatic carbocycles. The van der Waals surface area contributed by atoms with E-state index in [9.17, 15) is 4.79 Å². The first-order chi connectivity index (χ1) is 13.7. The quantitative estimate of drug-likeness (QED) is 0.458. The summed E-state index contributed by atoms with van der Waals surface area (Å²) in [6.07, 6.45) is 5.57. The van der Waals surface area contributed by atoms with Crippen molar-refractivity contribution in [3.05, 3.63) is 50.6 Å². The van der Waals surface area contributed by atoms with Gasteiger partial charge in [-0.2, -0.15) is 0 Å². The Balaban J connectivity index is 1.65. The summed E-state index contributed by atoms with van der Waals surface area (Å²) in [5.74, 6) is 1.48. The van der Waals surface area contributed by atoms with Crippen molar-refractivity contribution in [2.24, 2.45) is 5.92 Å². The van der Waals surface area contributed by atoms with E-state index in [1.807, 2.05) is 16.7 Å². The van der Waals surface area contributed by atoms with E-state index in [1.165, 1.54) is 28.8 Å². The second-order valence-electron chi connectivity index (χ2n) is 7.80. The highest BCUT2D eigenvalue weighted by atomic mass is 32.2. The van der Waals surface area contributed by atoms with Crippen LogP contribution < -0.4 is 5.56 Å². The van der Waals surface area contributed by atoms with Gasteiger partial charge in [-0.3, -0.25) is 9.36 Å². The second kappa shape index (κ2) is 7.65. The van der Waals surface area contributed by atoms with E-state index in [2.05, 4.69) is 19.1 Å². The predicted molar refractivity (Wildman–Crippen MR) is 116 cm³/mol. The minimum atomic E-state index is 0.0958. The number of aryl methyl sites for hydroxylation is 3. The normalized spacial score (nSPS) is 19.2. The summed E-state index contributed by atoms with van der Waals surface area (Å²) < 4.78 is 7.36. The molecule has 0 bridgehead atoms. The molecule has 4 nitrogen and oxygen atoms in total. The predicted octanol–water partition coefficient (Wildman–Crippen LogP) is 4.76. The Morgan fingerprint density at radius 3 is 2.86 bits per heavy atom. The molecule has 0 N–H and O–H groups in total. The fraction of sp³-hybridized carbons (Fsp3) is 0.455. The lowest BCUT2D eigenvalue weighted by atomic mass is 9.97. The smallest absolute Gasteiger partial charge is 0.267 e. The summed E-state index contributed by atoms with van der Waals surface area (Å²) in [6, 6.07) is 8.19. The van der Waals surface area contributed by atoms with Crippen LogP contribution in [0.25, 0.3) is 15.9 Å². The Morgan fingerprint density at radius 2 is 2.07 bits per heavy atom. The van der Waals surface area contributed by atoms with E-state index in [-0.39, 0.29) is 5.56 Å². The topological polar surface area (TPSA) is 44.1 Å². The minimum Gasteiger partial charge on any atom is -0.381 e. The molecule has 1 aliphatic heterocycles. The summed E-state index contributed by atoms with van der Waals surface area (Å²) in [7, 11) is 0. The zero-order valence-corrected chi connectivity index (χ0v) is 17.7. The number of hydrogen-bond acceptors (Lipinski definition) is 5. The average molecular weight is 413 g/mol. The SMILES string of the molecule is Cc1ccc(-n2c(SCC3CCOC3)nc3sc4c(c3c2=O)CCCC4)cc1. The molecule has 1 fully saturated rings. The Kier molecular flexibility index (Phi) is 5.03. The first-order valence-corrected chi connectivity index (χ1v) is 11.9. The van der Waals surface area contributed by atoms with Crippen molar-refractivity contribution >= 4 is 33.3 Å². The van der Waals surface area contributed by atoms with Crippen molar-refractivity contribution < 1.29 is 4.74 Å². The van der Waals surface area contributed by atoms with Crippen LogP contribution in [-0.4, -0.2) is 28.5 Å². The molecule has 2 aromatic heterocycles. The maximum atomic E-state index is 13.7. The fourth-order valence-corrected chi connectivity index (χ4v) is 6.54. The number of hydrogen-bond donors (Lipinski definition) is 0. The van der Waals surface area contributed by atoms with Crippen molar-refractivity contribution in [1.29, 1.82) is 0 Å². The monoisotopic (exact) mass is 412 g/mol. The molecule has 1 saturated heterocycles. The summed E-state index contributed by atoms with van der Waals surface area (Å²) in [5.41, 5.74) is 3.45. The molecule has 1 atom stereocenters. The summed E-state index contributed by atoms with van der Waals surface area (Å²) in [4.78, 5) is 20.9. The first kappa shape index (κ1) is 18.4. The molecule has 146 valence electrons. The van der Waals surface area contributed by atoms with Gasteiger partial charge in [0.05, 0.1) is 17.7 Å². The van der Waals surface area contributed by atoms with E-state index in [0.29, 0.717) is 5.92 Å². The van der Waals surface area contributed by atoms with Crippen molar-refractivity contribution in [2.75, 3.05) is 19.0 Å². The number of aromatic nitrogens is 2. The van der Waals surface area contributed by atoms with Gasteiger partial charge in [0.25, 0.3) is 5.56 Å². The summed E-state index contributed by atoms with van der Waals surface area (Å²) in [5, 5.41) is 1.67. The van der Waals surface area contributed by atoms with Gasteiger partial charge in [0.2, 0.25) is 0 Å². The van der Waals surface area contributed by atoms with Crippen LogP contribution in [0.15, 0.2) is 34.2 Å². The highest BCUT2D eigenvalue weighted by molar-refractivity contribution is 7.99. The molecule has 0 amide bonds. The number of ether oxygens (including phenoxy) is 1. The number of benzene rings is 1. The Morgan fingerprint density at radius 1 is 1.25 bits per heavy atom. The van der Waals surface area contributed by atoms with Crippen LogP contribution in [-0.2, 0) is 17.6 Å². The molecule has 0 spiro atoms. The third-order valence-corrected chi connectivity index (χ3v) is 8.08. The molecular formula is C22H24N2O2S2. The number of rotatable bonds is 4. The van der Waals surface area contributed by atoms with Crippen LogP contribution in [0.1, 0.15) is 35.3 Å². The maximum Gasteiger partial charge on any atom is 0.267 e. The van der Waals surface area contributed by atoms with Gasteiger partial charge < -0.3 is 4.74 Å². The lowest BCUT2D eigenvalue weighted by Gasteiger charge is -2.15. The van der Waals surface area contributed by atoms with Crippen molar-refractivity contribution in [3.63, 3.8) is 0 Å².